The number of aromatic nitrogens is 2. The summed E-state index contributed by atoms with van der Waals surface area (Å²) >= 11 is 0. The summed E-state index contributed by atoms with van der Waals surface area (Å²) in [6, 6.07) is 6.73. The second kappa shape index (κ2) is 4.50. The first kappa shape index (κ1) is 11.9. The van der Waals surface area contributed by atoms with Crippen LogP contribution in [0.25, 0.3) is 10.8 Å². The number of rotatable bonds is 4. The molecule has 0 radical (unpaired) electrons. The van der Waals surface area contributed by atoms with Gasteiger partial charge in [0.1, 0.15) is 0 Å². The third kappa shape index (κ3) is 2.23. The smallest absolute Gasteiger partial charge is 0.357 e. The van der Waals surface area contributed by atoms with Crippen molar-refractivity contribution in [2.75, 3.05) is 0 Å². The third-order valence-corrected chi connectivity index (χ3v) is 3.52. The molecule has 5 heteroatoms. The fourth-order valence-electron chi connectivity index (χ4n) is 2.26. The minimum Gasteiger partial charge on any atom is -0.476 e. The Morgan fingerprint density at radius 1 is 1.32 bits per heavy atom. The number of hydrogen-bond donors (Lipinski definition) is 1. The van der Waals surface area contributed by atoms with Crippen LogP contribution in [0.4, 0.5) is 0 Å². The second-order valence-corrected chi connectivity index (χ2v) is 4.96. The van der Waals surface area contributed by atoms with Gasteiger partial charge in [-0.05, 0) is 18.4 Å². The number of fused-ring (bicyclic) bond motifs is 1. The summed E-state index contributed by atoms with van der Waals surface area (Å²) in [6.45, 7) is 0.495. The molecule has 1 aromatic heterocycles. The Morgan fingerprint density at radius 3 is 2.63 bits per heavy atom. The molecule has 0 aliphatic heterocycles. The molecule has 1 saturated carbocycles. The fourth-order valence-corrected chi connectivity index (χ4v) is 2.26. The van der Waals surface area contributed by atoms with Crippen molar-refractivity contribution in [3.63, 3.8) is 0 Å². The molecule has 2 aromatic rings. The van der Waals surface area contributed by atoms with Crippen LogP contribution in [-0.2, 0) is 6.54 Å². The van der Waals surface area contributed by atoms with Crippen LogP contribution in [0.1, 0.15) is 29.8 Å². The maximum Gasteiger partial charge on any atom is 0.357 e. The summed E-state index contributed by atoms with van der Waals surface area (Å²) in [5.74, 6) is -0.426. The van der Waals surface area contributed by atoms with Gasteiger partial charge in [-0.2, -0.15) is 5.10 Å². The summed E-state index contributed by atoms with van der Waals surface area (Å²) in [7, 11) is 0. The zero-order valence-corrected chi connectivity index (χ0v) is 10.4. The van der Waals surface area contributed by atoms with Gasteiger partial charge in [-0.3, -0.25) is 4.79 Å². The van der Waals surface area contributed by atoms with Crippen molar-refractivity contribution in [1.29, 1.82) is 0 Å². The molecule has 0 spiro atoms. The summed E-state index contributed by atoms with van der Waals surface area (Å²) < 4.78 is 1.30. The zero-order chi connectivity index (χ0) is 13.4. The summed E-state index contributed by atoms with van der Waals surface area (Å²) in [6.07, 6.45) is 3.30. The molecule has 0 saturated heterocycles. The molecule has 98 valence electrons. The highest BCUT2D eigenvalue weighted by atomic mass is 16.4. The van der Waals surface area contributed by atoms with E-state index in [0.717, 1.165) is 6.42 Å². The van der Waals surface area contributed by atoms with Crippen molar-refractivity contribution >= 4 is 16.7 Å². The van der Waals surface area contributed by atoms with Gasteiger partial charge in [-0.15, -0.1) is 0 Å². The van der Waals surface area contributed by atoms with E-state index in [1.807, 2.05) is 0 Å². The molecule has 0 atom stereocenters. The Morgan fingerprint density at radius 2 is 2.00 bits per heavy atom. The molecule has 1 aliphatic carbocycles. The number of carbonyl (C=O) groups is 1. The van der Waals surface area contributed by atoms with E-state index in [1.165, 1.54) is 17.5 Å². The van der Waals surface area contributed by atoms with Crippen molar-refractivity contribution in [2.24, 2.45) is 5.92 Å². The van der Waals surface area contributed by atoms with Crippen LogP contribution in [-0.4, -0.2) is 20.9 Å². The molecule has 0 bridgehead atoms. The van der Waals surface area contributed by atoms with Gasteiger partial charge in [-0.1, -0.05) is 31.0 Å². The van der Waals surface area contributed by atoms with Crippen LogP contribution in [0.3, 0.4) is 0 Å². The van der Waals surface area contributed by atoms with Crippen molar-refractivity contribution < 1.29 is 9.90 Å². The molecule has 0 unspecified atom stereocenters. The van der Waals surface area contributed by atoms with E-state index in [1.54, 1.807) is 24.3 Å². The number of carboxylic acid groups (broad SMARTS) is 1. The average Bonchev–Trinajstić information content (AvgIpc) is 3.22. The van der Waals surface area contributed by atoms with Crippen LogP contribution in [0.5, 0.6) is 0 Å². The summed E-state index contributed by atoms with van der Waals surface area (Å²) in [4.78, 5) is 23.5. The average molecular weight is 258 g/mol. The number of benzene rings is 1. The van der Waals surface area contributed by atoms with E-state index < -0.39 is 5.97 Å². The van der Waals surface area contributed by atoms with Gasteiger partial charge < -0.3 is 5.11 Å². The van der Waals surface area contributed by atoms with Crippen molar-refractivity contribution in [3.8, 4) is 0 Å². The van der Waals surface area contributed by atoms with E-state index in [2.05, 4.69) is 5.10 Å². The molecule has 1 aliphatic rings. The SMILES string of the molecule is O=C(O)c1nn(CCC2CC2)c(=O)c2ccccc12. The highest BCUT2D eigenvalue weighted by Gasteiger charge is 2.22. The van der Waals surface area contributed by atoms with Gasteiger partial charge in [0, 0.05) is 11.9 Å². The van der Waals surface area contributed by atoms with E-state index in [-0.39, 0.29) is 11.3 Å². The standard InChI is InChI=1S/C14H14N2O3/c17-13-11-4-2-1-3-10(11)12(14(18)19)15-16(13)8-7-9-5-6-9/h1-4,9H,5-8H2,(H,18,19). The fraction of sp³-hybridized carbons (Fsp3) is 0.357. The predicted octanol–water partition coefficient (Wildman–Crippen LogP) is 1.89. The lowest BCUT2D eigenvalue weighted by molar-refractivity contribution is 0.0690. The molecule has 3 rings (SSSR count). The molecule has 5 nitrogen and oxygen atoms in total. The number of aryl methyl sites for hydroxylation is 1. The predicted molar refractivity (Wildman–Crippen MR) is 70.3 cm³/mol. The van der Waals surface area contributed by atoms with Crippen LogP contribution in [0.2, 0.25) is 0 Å². The normalized spacial score (nSPS) is 14.7. The first-order valence-corrected chi connectivity index (χ1v) is 6.40. The van der Waals surface area contributed by atoms with Gasteiger partial charge in [0.05, 0.1) is 5.39 Å². The van der Waals surface area contributed by atoms with Crippen LogP contribution in [0.15, 0.2) is 29.1 Å². The monoisotopic (exact) mass is 258 g/mol. The number of nitrogens with zero attached hydrogens (tertiary/aromatic N) is 2. The Kier molecular flexibility index (Phi) is 2.81. The molecule has 0 amide bonds. The van der Waals surface area contributed by atoms with E-state index in [0.29, 0.717) is 23.2 Å². The molecule has 1 fully saturated rings. The van der Waals surface area contributed by atoms with Gasteiger partial charge in [0.25, 0.3) is 5.56 Å². The Balaban J connectivity index is 2.13. The maximum absolute atomic E-state index is 12.2. The molecule has 1 heterocycles. The Bertz CT molecular complexity index is 701. The lowest BCUT2D eigenvalue weighted by Crippen LogP contribution is -2.26. The van der Waals surface area contributed by atoms with Gasteiger partial charge in [0.15, 0.2) is 5.69 Å². The second-order valence-electron chi connectivity index (χ2n) is 4.96. The van der Waals surface area contributed by atoms with Crippen molar-refractivity contribution in [1.82, 2.24) is 9.78 Å². The minimum absolute atomic E-state index is 0.0500. The first-order chi connectivity index (χ1) is 9.16. The highest BCUT2D eigenvalue weighted by Crippen LogP contribution is 2.32. The van der Waals surface area contributed by atoms with Crippen molar-refractivity contribution in [3.05, 3.63) is 40.3 Å². The van der Waals surface area contributed by atoms with Crippen LogP contribution < -0.4 is 5.56 Å². The third-order valence-electron chi connectivity index (χ3n) is 3.52. The molecule has 1 N–H and O–H groups in total. The minimum atomic E-state index is -1.10. The lowest BCUT2D eigenvalue weighted by atomic mass is 10.1. The van der Waals surface area contributed by atoms with Crippen LogP contribution in [0, 0.1) is 5.92 Å². The Labute approximate surface area is 109 Å². The Hall–Kier alpha value is -2.17. The van der Waals surface area contributed by atoms with Gasteiger partial charge in [-0.25, -0.2) is 9.48 Å². The number of carboxylic acids is 1. The molecular formula is C14H14N2O3. The number of hydrogen-bond acceptors (Lipinski definition) is 3. The maximum atomic E-state index is 12.2. The van der Waals surface area contributed by atoms with Gasteiger partial charge >= 0.3 is 5.97 Å². The van der Waals surface area contributed by atoms with E-state index in [4.69, 9.17) is 0 Å². The largest absolute Gasteiger partial charge is 0.476 e. The number of aromatic carboxylic acids is 1. The summed E-state index contributed by atoms with van der Waals surface area (Å²) in [5.41, 5.74) is -0.257. The van der Waals surface area contributed by atoms with E-state index in [9.17, 15) is 14.7 Å². The quantitative estimate of drug-likeness (QED) is 0.909. The van der Waals surface area contributed by atoms with Gasteiger partial charge in [0.2, 0.25) is 0 Å². The molecular weight excluding hydrogens is 244 g/mol. The lowest BCUT2D eigenvalue weighted by Gasteiger charge is -2.08. The first-order valence-electron chi connectivity index (χ1n) is 6.40. The topological polar surface area (TPSA) is 72.2 Å². The van der Waals surface area contributed by atoms with Crippen molar-refractivity contribution in [2.45, 2.75) is 25.8 Å². The van der Waals surface area contributed by atoms with E-state index >= 15 is 0 Å². The highest BCUT2D eigenvalue weighted by molar-refractivity contribution is 6.01. The van der Waals surface area contributed by atoms with Crippen LogP contribution >= 0.6 is 0 Å². The molecule has 19 heavy (non-hydrogen) atoms. The summed E-state index contributed by atoms with van der Waals surface area (Å²) in [5, 5.41) is 14.0. The molecule has 1 aromatic carbocycles. The zero-order valence-electron chi connectivity index (χ0n) is 10.4.